The number of benzene rings is 2. The molecule has 4 nitrogen and oxygen atoms in total. The number of carboxylic acid groups (broad SMARTS) is 1. The van der Waals surface area contributed by atoms with Crippen LogP contribution in [0, 0.1) is 0 Å². The van der Waals surface area contributed by atoms with Crippen LogP contribution in [0.3, 0.4) is 0 Å². The Balaban J connectivity index is 2.14. The van der Waals surface area contributed by atoms with Gasteiger partial charge in [-0.15, -0.1) is 0 Å². The third-order valence-corrected chi connectivity index (χ3v) is 3.74. The highest BCUT2D eigenvalue weighted by atomic mass is 35.5. The molecular formula is C16H10Cl3NO3. The molecule has 0 unspecified atom stereocenters. The van der Waals surface area contributed by atoms with Gasteiger partial charge in [0.05, 0.1) is 16.3 Å². The Bertz CT molecular complexity index is 803. The van der Waals surface area contributed by atoms with Crippen LogP contribution in [0.25, 0.3) is 6.08 Å². The number of hydrogen-bond donors (Lipinski definition) is 2. The predicted molar refractivity (Wildman–Crippen MR) is 92.5 cm³/mol. The van der Waals surface area contributed by atoms with E-state index in [4.69, 9.17) is 39.9 Å². The van der Waals surface area contributed by atoms with Gasteiger partial charge in [0.1, 0.15) is 0 Å². The topological polar surface area (TPSA) is 66.4 Å². The summed E-state index contributed by atoms with van der Waals surface area (Å²) in [6, 6.07) is 8.92. The highest BCUT2D eigenvalue weighted by Crippen LogP contribution is 2.24. The molecule has 2 aromatic carbocycles. The summed E-state index contributed by atoms with van der Waals surface area (Å²) in [5.74, 6) is -1.58. The third kappa shape index (κ3) is 4.73. The molecule has 0 saturated carbocycles. The largest absolute Gasteiger partial charge is 0.478 e. The summed E-state index contributed by atoms with van der Waals surface area (Å²) < 4.78 is 0. The number of halogens is 3. The van der Waals surface area contributed by atoms with Crippen LogP contribution in [-0.4, -0.2) is 17.0 Å². The van der Waals surface area contributed by atoms with Gasteiger partial charge in [0.2, 0.25) is 5.91 Å². The van der Waals surface area contributed by atoms with Crippen molar-refractivity contribution in [3.05, 3.63) is 68.7 Å². The molecule has 0 radical (unpaired) electrons. The van der Waals surface area contributed by atoms with Gasteiger partial charge in [-0.1, -0.05) is 40.9 Å². The Morgan fingerprint density at radius 3 is 2.39 bits per heavy atom. The molecule has 0 spiro atoms. The monoisotopic (exact) mass is 369 g/mol. The van der Waals surface area contributed by atoms with E-state index < -0.39 is 11.9 Å². The first-order chi connectivity index (χ1) is 10.9. The van der Waals surface area contributed by atoms with Crippen LogP contribution in [-0.2, 0) is 4.79 Å². The van der Waals surface area contributed by atoms with Gasteiger partial charge in [0, 0.05) is 16.1 Å². The van der Waals surface area contributed by atoms with Crippen LogP contribution in [0.4, 0.5) is 5.69 Å². The van der Waals surface area contributed by atoms with Gasteiger partial charge >= 0.3 is 5.97 Å². The number of nitrogens with one attached hydrogen (secondary N) is 1. The molecule has 0 fully saturated rings. The molecule has 118 valence electrons. The lowest BCUT2D eigenvalue weighted by molar-refractivity contribution is -0.111. The summed E-state index contributed by atoms with van der Waals surface area (Å²) >= 11 is 17.7. The van der Waals surface area contributed by atoms with Crippen molar-refractivity contribution >= 4 is 58.4 Å². The first-order valence-electron chi connectivity index (χ1n) is 6.34. The highest BCUT2D eigenvalue weighted by molar-refractivity contribution is 6.35. The summed E-state index contributed by atoms with van der Waals surface area (Å²) in [5.41, 5.74) is 0.856. The first kappa shape index (κ1) is 17.3. The summed E-state index contributed by atoms with van der Waals surface area (Å²) in [4.78, 5) is 22.9. The maximum absolute atomic E-state index is 11.9. The molecule has 2 N–H and O–H groups in total. The minimum atomic E-state index is -1.11. The van der Waals surface area contributed by atoms with Crippen molar-refractivity contribution in [2.24, 2.45) is 0 Å². The number of carbonyl (C=O) groups excluding carboxylic acids is 1. The lowest BCUT2D eigenvalue weighted by Gasteiger charge is -2.06. The van der Waals surface area contributed by atoms with E-state index in [1.807, 2.05) is 0 Å². The van der Waals surface area contributed by atoms with E-state index in [-0.39, 0.29) is 16.3 Å². The van der Waals surface area contributed by atoms with Crippen molar-refractivity contribution in [3.8, 4) is 0 Å². The second-order valence-corrected chi connectivity index (χ2v) is 5.74. The molecule has 0 aliphatic carbocycles. The fraction of sp³-hybridized carbons (Fsp3) is 0. The number of carboxylic acids is 1. The lowest BCUT2D eigenvalue weighted by atomic mass is 10.2. The van der Waals surface area contributed by atoms with Crippen LogP contribution in [0.2, 0.25) is 15.1 Å². The van der Waals surface area contributed by atoms with Gasteiger partial charge in [-0.3, -0.25) is 4.79 Å². The molecule has 1 amide bonds. The summed E-state index contributed by atoms with van der Waals surface area (Å²) in [6.45, 7) is 0. The second kappa shape index (κ2) is 7.51. The maximum atomic E-state index is 11.9. The van der Waals surface area contributed by atoms with Gasteiger partial charge in [0.25, 0.3) is 0 Å². The Kier molecular flexibility index (Phi) is 5.66. The Morgan fingerprint density at radius 2 is 1.74 bits per heavy atom. The standard InChI is InChI=1S/C16H10Cl3NO3/c17-11-4-1-9(13(19)8-11)3-6-15(21)20-14-7-10(16(22)23)2-5-12(14)18/h1-8H,(H,20,21)(H,22,23)/b6-3+. The van der Waals surface area contributed by atoms with E-state index in [1.54, 1.807) is 18.2 Å². The van der Waals surface area contributed by atoms with Crippen LogP contribution >= 0.6 is 34.8 Å². The molecule has 0 aromatic heterocycles. The highest BCUT2D eigenvalue weighted by Gasteiger charge is 2.09. The number of hydrogen-bond acceptors (Lipinski definition) is 2. The van der Waals surface area contributed by atoms with Gasteiger partial charge < -0.3 is 10.4 Å². The Morgan fingerprint density at radius 1 is 1.00 bits per heavy atom. The van der Waals surface area contributed by atoms with Crippen LogP contribution in [0.1, 0.15) is 15.9 Å². The minimum Gasteiger partial charge on any atom is -0.478 e. The van der Waals surface area contributed by atoms with Crippen molar-refractivity contribution in [3.63, 3.8) is 0 Å². The summed E-state index contributed by atoms with van der Waals surface area (Å²) in [7, 11) is 0. The molecule has 2 aromatic rings. The quantitative estimate of drug-likeness (QED) is 0.745. The van der Waals surface area contributed by atoms with E-state index in [2.05, 4.69) is 5.32 Å². The smallest absolute Gasteiger partial charge is 0.335 e. The molecule has 2 rings (SSSR count). The molecule has 0 saturated heterocycles. The van der Waals surface area contributed by atoms with Gasteiger partial charge in [-0.25, -0.2) is 4.79 Å². The molecule has 0 heterocycles. The number of rotatable bonds is 4. The van der Waals surface area contributed by atoms with Crippen molar-refractivity contribution in [2.75, 3.05) is 5.32 Å². The third-order valence-electron chi connectivity index (χ3n) is 2.85. The van der Waals surface area contributed by atoms with Gasteiger partial charge in [-0.05, 0) is 42.0 Å². The molecule has 0 bridgehead atoms. The number of anilines is 1. The minimum absolute atomic E-state index is 0.0226. The maximum Gasteiger partial charge on any atom is 0.335 e. The Hall–Kier alpha value is -2.01. The van der Waals surface area contributed by atoms with Crippen molar-refractivity contribution < 1.29 is 14.7 Å². The van der Waals surface area contributed by atoms with Crippen LogP contribution < -0.4 is 5.32 Å². The second-order valence-electron chi connectivity index (χ2n) is 4.49. The number of aromatic carboxylic acids is 1. The normalized spacial score (nSPS) is 10.7. The number of carbonyl (C=O) groups is 2. The SMILES string of the molecule is O=C(/C=C/c1ccc(Cl)cc1Cl)Nc1cc(C(=O)O)ccc1Cl. The summed E-state index contributed by atoms with van der Waals surface area (Å²) in [5, 5.41) is 12.6. The van der Waals surface area contributed by atoms with Crippen LogP contribution in [0.15, 0.2) is 42.5 Å². The lowest BCUT2D eigenvalue weighted by Crippen LogP contribution is -2.09. The van der Waals surface area contributed by atoms with E-state index in [1.165, 1.54) is 30.4 Å². The van der Waals surface area contributed by atoms with Crippen molar-refractivity contribution in [1.82, 2.24) is 0 Å². The van der Waals surface area contributed by atoms with Crippen molar-refractivity contribution in [1.29, 1.82) is 0 Å². The number of amides is 1. The van der Waals surface area contributed by atoms with E-state index in [9.17, 15) is 9.59 Å². The first-order valence-corrected chi connectivity index (χ1v) is 7.47. The summed E-state index contributed by atoms with van der Waals surface area (Å²) in [6.07, 6.45) is 2.78. The van der Waals surface area contributed by atoms with Gasteiger partial charge in [-0.2, -0.15) is 0 Å². The zero-order valence-electron chi connectivity index (χ0n) is 11.5. The average molecular weight is 371 g/mol. The van der Waals surface area contributed by atoms with E-state index in [0.29, 0.717) is 15.6 Å². The molecular weight excluding hydrogens is 361 g/mol. The van der Waals surface area contributed by atoms with Crippen LogP contribution in [0.5, 0.6) is 0 Å². The fourth-order valence-corrected chi connectivity index (χ4v) is 2.37. The molecule has 7 heteroatoms. The zero-order valence-corrected chi connectivity index (χ0v) is 13.8. The van der Waals surface area contributed by atoms with E-state index in [0.717, 1.165) is 0 Å². The predicted octanol–water partition coefficient (Wildman–Crippen LogP) is 5.00. The Labute approximate surface area is 147 Å². The molecule has 23 heavy (non-hydrogen) atoms. The zero-order chi connectivity index (χ0) is 17.0. The molecule has 0 aliphatic heterocycles. The molecule has 0 aliphatic rings. The fourth-order valence-electron chi connectivity index (χ4n) is 1.73. The average Bonchev–Trinajstić information content (AvgIpc) is 2.48. The van der Waals surface area contributed by atoms with Gasteiger partial charge in [0.15, 0.2) is 0 Å². The van der Waals surface area contributed by atoms with E-state index >= 15 is 0 Å². The molecule has 0 atom stereocenters. The van der Waals surface area contributed by atoms with Crippen molar-refractivity contribution in [2.45, 2.75) is 0 Å².